The fourth-order valence-electron chi connectivity index (χ4n) is 3.40. The molecule has 1 N–H and O–H groups in total. The molecule has 0 aliphatic carbocycles. The van der Waals surface area contributed by atoms with Crippen LogP contribution in [-0.2, 0) is 13.1 Å². The predicted octanol–water partition coefficient (Wildman–Crippen LogP) is 4.84. The van der Waals surface area contributed by atoms with Crippen LogP contribution in [0.1, 0.15) is 21.6 Å². The van der Waals surface area contributed by atoms with Gasteiger partial charge in [0, 0.05) is 19.2 Å². The van der Waals surface area contributed by atoms with Crippen molar-refractivity contribution < 1.29 is 18.7 Å². The van der Waals surface area contributed by atoms with Gasteiger partial charge in [-0.05, 0) is 52.9 Å². The lowest BCUT2D eigenvalue weighted by Gasteiger charge is -2.13. The number of carbonyl (C=O) groups is 1. The van der Waals surface area contributed by atoms with Crippen molar-refractivity contribution in [2.24, 2.45) is 0 Å². The van der Waals surface area contributed by atoms with Crippen LogP contribution in [0.15, 0.2) is 60.0 Å². The summed E-state index contributed by atoms with van der Waals surface area (Å²) in [4.78, 5) is 13.0. The summed E-state index contributed by atoms with van der Waals surface area (Å²) in [6, 6.07) is 15.8. The van der Waals surface area contributed by atoms with Crippen LogP contribution in [0.4, 0.5) is 4.39 Å². The maximum absolute atomic E-state index is 13.4. The second kappa shape index (κ2) is 8.59. The third kappa shape index (κ3) is 4.16. The van der Waals surface area contributed by atoms with E-state index in [4.69, 9.17) is 9.47 Å². The van der Waals surface area contributed by atoms with Crippen molar-refractivity contribution in [1.29, 1.82) is 0 Å². The van der Waals surface area contributed by atoms with E-state index < -0.39 is 0 Å². The van der Waals surface area contributed by atoms with Crippen LogP contribution in [0.25, 0.3) is 10.2 Å². The first-order chi connectivity index (χ1) is 14.6. The summed E-state index contributed by atoms with van der Waals surface area (Å²) in [5.74, 6) is 0.848. The minimum Gasteiger partial charge on any atom is -0.497 e. The van der Waals surface area contributed by atoms with Gasteiger partial charge in [0.15, 0.2) is 0 Å². The van der Waals surface area contributed by atoms with Crippen molar-refractivity contribution >= 4 is 27.5 Å². The summed E-state index contributed by atoms with van der Waals surface area (Å²) in [5.41, 5.74) is 3.20. The summed E-state index contributed by atoms with van der Waals surface area (Å²) >= 11 is 1.58. The molecule has 1 amide bonds. The lowest BCUT2D eigenvalue weighted by Crippen LogP contribution is -2.25. The summed E-state index contributed by atoms with van der Waals surface area (Å²) in [6.45, 7) is 0.735. The lowest BCUT2D eigenvalue weighted by atomic mass is 10.2. The van der Waals surface area contributed by atoms with Crippen LogP contribution in [-0.4, -0.2) is 24.7 Å². The Morgan fingerprint density at radius 2 is 1.80 bits per heavy atom. The minimum atomic E-state index is -0.322. The van der Waals surface area contributed by atoms with Crippen molar-refractivity contribution in [3.05, 3.63) is 82.6 Å². The Kier molecular flexibility index (Phi) is 5.72. The molecule has 0 unspecified atom stereocenters. The molecule has 0 aliphatic rings. The van der Waals surface area contributed by atoms with Gasteiger partial charge in [0.25, 0.3) is 5.91 Å². The van der Waals surface area contributed by atoms with Gasteiger partial charge in [-0.15, -0.1) is 11.3 Å². The largest absolute Gasteiger partial charge is 0.497 e. The molecule has 0 radical (unpaired) electrons. The highest BCUT2D eigenvalue weighted by Gasteiger charge is 2.17. The van der Waals surface area contributed by atoms with E-state index in [1.807, 2.05) is 40.3 Å². The van der Waals surface area contributed by atoms with E-state index in [-0.39, 0.29) is 18.3 Å². The Bertz CT molecular complexity index is 1180. The number of hydrogen-bond acceptors (Lipinski definition) is 4. The number of hydrogen-bond donors (Lipinski definition) is 1. The van der Waals surface area contributed by atoms with E-state index in [1.54, 1.807) is 37.7 Å². The highest BCUT2D eigenvalue weighted by Crippen LogP contribution is 2.28. The predicted molar refractivity (Wildman–Crippen MR) is 116 cm³/mol. The molecule has 2 aromatic heterocycles. The SMILES string of the molecule is COc1cc(Cn2c(C(=O)NCc3cccc(F)c3)cc3sccc32)cc(OC)c1. The first-order valence-corrected chi connectivity index (χ1v) is 10.3. The van der Waals surface area contributed by atoms with Gasteiger partial charge in [-0.3, -0.25) is 4.79 Å². The van der Waals surface area contributed by atoms with Crippen LogP contribution < -0.4 is 14.8 Å². The average Bonchev–Trinajstić information content (AvgIpc) is 3.34. The third-order valence-corrected chi connectivity index (χ3v) is 5.70. The van der Waals surface area contributed by atoms with Crippen molar-refractivity contribution in [3.8, 4) is 11.5 Å². The Balaban J connectivity index is 1.63. The molecule has 2 aromatic carbocycles. The molecule has 5 nitrogen and oxygen atoms in total. The van der Waals surface area contributed by atoms with E-state index in [9.17, 15) is 9.18 Å². The van der Waals surface area contributed by atoms with Crippen molar-refractivity contribution in [2.75, 3.05) is 14.2 Å². The zero-order valence-corrected chi connectivity index (χ0v) is 17.5. The van der Waals surface area contributed by atoms with E-state index in [0.717, 1.165) is 15.8 Å². The second-order valence-corrected chi connectivity index (χ2v) is 7.77. The molecule has 4 aromatic rings. The molecule has 154 valence electrons. The van der Waals surface area contributed by atoms with E-state index >= 15 is 0 Å². The summed E-state index contributed by atoms with van der Waals surface area (Å²) in [5, 5.41) is 4.90. The quantitative estimate of drug-likeness (QED) is 0.462. The molecule has 0 bridgehead atoms. The smallest absolute Gasteiger partial charge is 0.268 e. The van der Waals surface area contributed by atoms with Crippen LogP contribution in [0, 0.1) is 5.82 Å². The molecule has 4 rings (SSSR count). The van der Waals surface area contributed by atoms with E-state index in [2.05, 4.69) is 5.32 Å². The zero-order valence-electron chi connectivity index (χ0n) is 16.6. The van der Waals surface area contributed by atoms with Gasteiger partial charge in [-0.2, -0.15) is 0 Å². The summed E-state index contributed by atoms with van der Waals surface area (Å²) < 4.78 is 27.1. The van der Waals surface area contributed by atoms with E-state index in [1.165, 1.54) is 12.1 Å². The van der Waals surface area contributed by atoms with Crippen LogP contribution in [0.3, 0.4) is 0 Å². The highest BCUT2D eigenvalue weighted by atomic mass is 32.1. The molecular formula is C23H21FN2O3S. The van der Waals surface area contributed by atoms with Gasteiger partial charge in [-0.1, -0.05) is 12.1 Å². The maximum Gasteiger partial charge on any atom is 0.268 e. The number of halogens is 1. The monoisotopic (exact) mass is 424 g/mol. The van der Waals surface area contributed by atoms with Gasteiger partial charge in [0.1, 0.15) is 23.0 Å². The molecule has 0 atom stereocenters. The Labute approximate surface area is 177 Å². The summed E-state index contributed by atoms with van der Waals surface area (Å²) in [7, 11) is 3.22. The number of rotatable bonds is 7. The molecular weight excluding hydrogens is 403 g/mol. The molecule has 0 aliphatic heterocycles. The fourth-order valence-corrected chi connectivity index (χ4v) is 4.22. The first kappa shape index (κ1) is 20.0. The van der Waals surface area contributed by atoms with E-state index in [0.29, 0.717) is 29.3 Å². The maximum atomic E-state index is 13.4. The van der Waals surface area contributed by atoms with Crippen LogP contribution in [0.5, 0.6) is 11.5 Å². The zero-order chi connectivity index (χ0) is 21.1. The van der Waals surface area contributed by atoms with Gasteiger partial charge in [0.05, 0.1) is 24.4 Å². The van der Waals surface area contributed by atoms with Crippen molar-refractivity contribution in [1.82, 2.24) is 9.88 Å². The fraction of sp³-hybridized carbons (Fsp3) is 0.174. The van der Waals surface area contributed by atoms with Gasteiger partial charge < -0.3 is 19.4 Å². The molecule has 0 saturated heterocycles. The number of aromatic nitrogens is 1. The summed E-state index contributed by atoms with van der Waals surface area (Å²) in [6.07, 6.45) is 0. The average molecular weight is 424 g/mol. The number of thiophene rings is 1. The minimum absolute atomic E-state index is 0.211. The van der Waals surface area contributed by atoms with Crippen LogP contribution >= 0.6 is 11.3 Å². The number of fused-ring (bicyclic) bond motifs is 1. The van der Waals surface area contributed by atoms with Crippen molar-refractivity contribution in [3.63, 3.8) is 0 Å². The number of ether oxygens (including phenoxy) is 2. The molecule has 7 heteroatoms. The number of nitrogens with zero attached hydrogens (tertiary/aromatic N) is 1. The lowest BCUT2D eigenvalue weighted by molar-refractivity contribution is 0.0942. The number of carbonyl (C=O) groups excluding carboxylic acids is 1. The molecule has 30 heavy (non-hydrogen) atoms. The number of benzene rings is 2. The van der Waals surface area contributed by atoms with Gasteiger partial charge in [0.2, 0.25) is 0 Å². The van der Waals surface area contributed by atoms with Gasteiger partial charge >= 0.3 is 0 Å². The number of methoxy groups -OCH3 is 2. The number of nitrogens with one attached hydrogen (secondary N) is 1. The molecule has 2 heterocycles. The van der Waals surface area contributed by atoms with Crippen molar-refractivity contribution in [2.45, 2.75) is 13.1 Å². The molecule has 0 fully saturated rings. The standard InChI is InChI=1S/C23H21FN2O3S/c1-28-18-9-16(10-19(11-18)29-2)14-26-20-6-7-30-22(20)12-21(26)23(27)25-13-15-4-3-5-17(24)8-15/h3-12H,13-14H2,1-2H3,(H,25,27). The number of amides is 1. The normalized spacial score (nSPS) is 10.9. The first-order valence-electron chi connectivity index (χ1n) is 9.38. The Morgan fingerprint density at radius 1 is 1.03 bits per heavy atom. The third-order valence-electron chi connectivity index (χ3n) is 4.85. The molecule has 0 spiro atoms. The molecule has 0 saturated carbocycles. The Morgan fingerprint density at radius 3 is 2.50 bits per heavy atom. The topological polar surface area (TPSA) is 52.5 Å². The Hall–Kier alpha value is -3.32. The van der Waals surface area contributed by atoms with Gasteiger partial charge in [-0.25, -0.2) is 4.39 Å². The second-order valence-electron chi connectivity index (χ2n) is 6.82. The highest BCUT2D eigenvalue weighted by molar-refractivity contribution is 7.17. The van der Waals surface area contributed by atoms with Crippen LogP contribution in [0.2, 0.25) is 0 Å².